The van der Waals surface area contributed by atoms with Gasteiger partial charge >= 0.3 is 0 Å². The van der Waals surface area contributed by atoms with Crippen molar-refractivity contribution in [3.05, 3.63) is 24.2 Å². The van der Waals surface area contributed by atoms with Crippen molar-refractivity contribution in [3.8, 4) is 0 Å². The van der Waals surface area contributed by atoms with Gasteiger partial charge in [-0.15, -0.1) is 0 Å². The summed E-state index contributed by atoms with van der Waals surface area (Å²) in [5.41, 5.74) is 2.67. The van der Waals surface area contributed by atoms with Crippen molar-refractivity contribution in [2.24, 2.45) is 0 Å². The number of rotatable bonds is 2. The quantitative estimate of drug-likeness (QED) is 0.780. The van der Waals surface area contributed by atoms with E-state index >= 15 is 0 Å². The van der Waals surface area contributed by atoms with Crippen molar-refractivity contribution in [2.75, 3.05) is 11.9 Å². The summed E-state index contributed by atoms with van der Waals surface area (Å²) < 4.78 is 0. The Hall–Kier alpha value is -1.71. The average molecular weight is 188 g/mol. The first-order valence-corrected chi connectivity index (χ1v) is 4.63. The van der Waals surface area contributed by atoms with E-state index in [2.05, 4.69) is 20.3 Å². The van der Waals surface area contributed by atoms with Crippen molar-refractivity contribution >= 4 is 16.9 Å². The molecule has 0 spiro atoms. The number of pyridine rings is 1. The highest BCUT2D eigenvalue weighted by Crippen LogP contribution is 2.17. The normalized spacial score (nSPS) is 10.4. The molecule has 0 saturated heterocycles. The predicted octanol–water partition coefficient (Wildman–Crippen LogP) is 1.77. The average Bonchev–Trinajstić information content (AvgIpc) is 2.18. The molecular weight excluding hydrogens is 176 g/mol. The molecule has 72 valence electrons. The monoisotopic (exact) mass is 188 g/mol. The molecule has 0 atom stereocenters. The third-order valence-corrected chi connectivity index (χ3v) is 1.93. The van der Waals surface area contributed by atoms with Gasteiger partial charge in [-0.25, -0.2) is 9.97 Å². The molecule has 0 fully saturated rings. The van der Waals surface area contributed by atoms with Crippen LogP contribution in [0.1, 0.15) is 12.6 Å². The maximum atomic E-state index is 4.38. The van der Waals surface area contributed by atoms with E-state index in [0.717, 1.165) is 29.1 Å². The van der Waals surface area contributed by atoms with E-state index in [-0.39, 0.29) is 0 Å². The Balaban J connectivity index is 2.67. The predicted molar refractivity (Wildman–Crippen MR) is 56.2 cm³/mol. The van der Waals surface area contributed by atoms with Crippen LogP contribution in [0, 0.1) is 6.92 Å². The van der Waals surface area contributed by atoms with Gasteiger partial charge in [-0.3, -0.25) is 4.98 Å². The minimum atomic E-state index is 0.815. The van der Waals surface area contributed by atoms with Gasteiger partial charge < -0.3 is 5.32 Å². The molecule has 0 amide bonds. The lowest BCUT2D eigenvalue weighted by atomic mass is 10.3. The Kier molecular flexibility index (Phi) is 2.26. The summed E-state index contributed by atoms with van der Waals surface area (Å²) in [6.45, 7) is 4.82. The van der Waals surface area contributed by atoms with Gasteiger partial charge in [-0.2, -0.15) is 0 Å². The Morgan fingerprint density at radius 3 is 2.86 bits per heavy atom. The van der Waals surface area contributed by atoms with Crippen molar-refractivity contribution in [2.45, 2.75) is 13.8 Å². The number of aromatic nitrogens is 3. The zero-order valence-electron chi connectivity index (χ0n) is 8.28. The molecule has 2 aromatic rings. The van der Waals surface area contributed by atoms with Gasteiger partial charge in [0.2, 0.25) is 0 Å². The number of nitrogens with one attached hydrogen (secondary N) is 1. The van der Waals surface area contributed by atoms with E-state index < -0.39 is 0 Å². The van der Waals surface area contributed by atoms with Crippen LogP contribution in [0.5, 0.6) is 0 Å². The fraction of sp³-hybridized carbons (Fsp3) is 0.300. The smallest absolute Gasteiger partial charge is 0.154 e. The molecule has 14 heavy (non-hydrogen) atoms. The van der Waals surface area contributed by atoms with Gasteiger partial charge in [0.25, 0.3) is 0 Å². The molecule has 2 aromatic heterocycles. The maximum absolute atomic E-state index is 4.38. The number of hydrogen-bond donors (Lipinski definition) is 1. The van der Waals surface area contributed by atoms with E-state index in [1.54, 1.807) is 12.4 Å². The topological polar surface area (TPSA) is 50.7 Å². The minimum absolute atomic E-state index is 0.815. The van der Waals surface area contributed by atoms with Gasteiger partial charge in [-0.1, -0.05) is 0 Å². The van der Waals surface area contributed by atoms with Crippen molar-refractivity contribution in [1.29, 1.82) is 0 Å². The van der Waals surface area contributed by atoms with Crippen molar-refractivity contribution in [1.82, 2.24) is 15.0 Å². The molecular formula is C10H12N4. The molecule has 2 heterocycles. The molecule has 0 saturated carbocycles. The lowest BCUT2D eigenvalue weighted by Crippen LogP contribution is -2.02. The van der Waals surface area contributed by atoms with Crippen LogP contribution in [-0.4, -0.2) is 21.5 Å². The molecule has 0 aliphatic rings. The fourth-order valence-corrected chi connectivity index (χ4v) is 1.39. The lowest BCUT2D eigenvalue weighted by molar-refractivity contribution is 1.12. The largest absolute Gasteiger partial charge is 0.368 e. The molecule has 4 heteroatoms. The summed E-state index contributed by atoms with van der Waals surface area (Å²) in [7, 11) is 0. The number of fused-ring (bicyclic) bond motifs is 1. The van der Waals surface area contributed by atoms with Gasteiger partial charge in [0.05, 0.1) is 5.52 Å². The fourth-order valence-electron chi connectivity index (χ4n) is 1.39. The number of aryl methyl sites for hydroxylation is 1. The Morgan fingerprint density at radius 1 is 1.29 bits per heavy atom. The van der Waals surface area contributed by atoms with E-state index in [1.807, 2.05) is 19.9 Å². The highest BCUT2D eigenvalue weighted by atomic mass is 15.0. The molecule has 0 aliphatic carbocycles. The van der Waals surface area contributed by atoms with Gasteiger partial charge in [0.15, 0.2) is 5.82 Å². The second-order valence-corrected chi connectivity index (χ2v) is 3.07. The highest BCUT2D eigenvalue weighted by Gasteiger charge is 2.04. The summed E-state index contributed by atoms with van der Waals surface area (Å²) in [5, 5.41) is 3.18. The van der Waals surface area contributed by atoms with Crippen LogP contribution in [0.2, 0.25) is 0 Å². The van der Waals surface area contributed by atoms with Crippen LogP contribution in [-0.2, 0) is 0 Å². The number of hydrogen-bond acceptors (Lipinski definition) is 4. The molecule has 1 N–H and O–H groups in total. The summed E-state index contributed by atoms with van der Waals surface area (Å²) in [6.07, 6.45) is 3.37. The second kappa shape index (κ2) is 3.57. The van der Waals surface area contributed by atoms with Crippen molar-refractivity contribution < 1.29 is 0 Å². The molecule has 0 bridgehead atoms. The first-order valence-electron chi connectivity index (χ1n) is 4.63. The molecule has 2 rings (SSSR count). The molecule has 0 radical (unpaired) electrons. The first kappa shape index (κ1) is 8.87. The van der Waals surface area contributed by atoms with Gasteiger partial charge in [-0.05, 0) is 19.9 Å². The van der Waals surface area contributed by atoms with Crippen molar-refractivity contribution in [3.63, 3.8) is 0 Å². The van der Waals surface area contributed by atoms with Crippen LogP contribution in [0.25, 0.3) is 11.0 Å². The van der Waals surface area contributed by atoms with Crippen LogP contribution < -0.4 is 5.32 Å². The highest BCUT2D eigenvalue weighted by molar-refractivity contribution is 5.85. The van der Waals surface area contributed by atoms with E-state index in [4.69, 9.17) is 0 Å². The Labute approximate surface area is 82.4 Å². The standard InChI is InChI=1S/C10H12N4/c1-3-11-10-9-8(6-7(2)14-10)12-4-5-13-9/h4-6H,3H2,1-2H3,(H,11,14). The third-order valence-electron chi connectivity index (χ3n) is 1.93. The minimum Gasteiger partial charge on any atom is -0.368 e. The summed E-state index contributed by atoms with van der Waals surface area (Å²) in [5.74, 6) is 0.815. The van der Waals surface area contributed by atoms with Crippen LogP contribution in [0.3, 0.4) is 0 Å². The lowest BCUT2D eigenvalue weighted by Gasteiger charge is -2.06. The molecule has 4 nitrogen and oxygen atoms in total. The van der Waals surface area contributed by atoms with Gasteiger partial charge in [0, 0.05) is 24.6 Å². The van der Waals surface area contributed by atoms with Gasteiger partial charge in [0.1, 0.15) is 5.52 Å². The summed E-state index contributed by atoms with van der Waals surface area (Å²) in [4.78, 5) is 12.9. The molecule has 0 unspecified atom stereocenters. The Morgan fingerprint density at radius 2 is 2.07 bits per heavy atom. The molecule has 0 aliphatic heterocycles. The third kappa shape index (κ3) is 1.51. The van der Waals surface area contributed by atoms with E-state index in [1.165, 1.54) is 0 Å². The molecule has 0 aromatic carbocycles. The second-order valence-electron chi connectivity index (χ2n) is 3.07. The van der Waals surface area contributed by atoms with Crippen LogP contribution in [0.15, 0.2) is 18.5 Å². The van der Waals surface area contributed by atoms with Crippen LogP contribution >= 0.6 is 0 Å². The van der Waals surface area contributed by atoms with E-state index in [0.29, 0.717) is 0 Å². The van der Waals surface area contributed by atoms with Crippen LogP contribution in [0.4, 0.5) is 5.82 Å². The van der Waals surface area contributed by atoms with E-state index in [9.17, 15) is 0 Å². The SMILES string of the molecule is CCNc1nc(C)cc2nccnc12. The number of nitrogens with zero attached hydrogens (tertiary/aromatic N) is 3. The number of anilines is 1. The zero-order valence-corrected chi connectivity index (χ0v) is 8.28. The summed E-state index contributed by atoms with van der Waals surface area (Å²) in [6, 6.07) is 1.93. The maximum Gasteiger partial charge on any atom is 0.154 e. The zero-order chi connectivity index (χ0) is 9.97. The Bertz CT molecular complexity index is 453. The first-order chi connectivity index (χ1) is 6.81. The summed E-state index contributed by atoms with van der Waals surface area (Å²) >= 11 is 0.